The summed E-state index contributed by atoms with van der Waals surface area (Å²) in [5, 5.41) is 0.605. The number of halogens is 1. The molecule has 1 amide bonds. The van der Waals surface area contributed by atoms with Crippen LogP contribution in [0.5, 0.6) is 0 Å². The Balaban J connectivity index is 2.05. The molecule has 0 saturated heterocycles. The zero-order valence-corrected chi connectivity index (χ0v) is 14.8. The Morgan fingerprint density at radius 3 is 2.70 bits per heavy atom. The summed E-state index contributed by atoms with van der Waals surface area (Å²) in [6.45, 7) is 5.76. The van der Waals surface area contributed by atoms with Crippen LogP contribution in [0.2, 0.25) is 5.02 Å². The van der Waals surface area contributed by atoms with Crippen LogP contribution in [0.3, 0.4) is 0 Å². The molecule has 6 heteroatoms. The molecule has 3 rings (SSSR count). The fourth-order valence-electron chi connectivity index (χ4n) is 3.03. The molecule has 0 spiro atoms. The van der Waals surface area contributed by atoms with Gasteiger partial charge in [-0.15, -0.1) is 11.8 Å². The summed E-state index contributed by atoms with van der Waals surface area (Å²) in [4.78, 5) is 30.7. The first-order valence-electron chi connectivity index (χ1n) is 7.34. The van der Waals surface area contributed by atoms with Gasteiger partial charge in [0.05, 0.1) is 5.69 Å². The van der Waals surface area contributed by atoms with E-state index in [9.17, 15) is 9.59 Å². The number of amides is 1. The normalized spacial score (nSPS) is 13.8. The molecule has 0 aliphatic carbocycles. The largest absolute Gasteiger partial charge is 0.354 e. The number of aromatic nitrogens is 1. The van der Waals surface area contributed by atoms with Crippen LogP contribution in [-0.2, 0) is 0 Å². The Morgan fingerprint density at radius 1 is 1.30 bits per heavy atom. The van der Waals surface area contributed by atoms with Gasteiger partial charge in [-0.05, 0) is 44.5 Å². The minimum atomic E-state index is -0.123. The van der Waals surface area contributed by atoms with Crippen LogP contribution in [0, 0.1) is 13.8 Å². The van der Waals surface area contributed by atoms with Gasteiger partial charge in [0.1, 0.15) is 5.69 Å². The number of H-pyrrole nitrogens is 1. The molecule has 0 bridgehead atoms. The van der Waals surface area contributed by atoms with Gasteiger partial charge < -0.3 is 9.88 Å². The zero-order valence-electron chi connectivity index (χ0n) is 13.2. The number of nitrogens with zero attached hydrogens (tertiary/aromatic N) is 1. The van der Waals surface area contributed by atoms with Gasteiger partial charge >= 0.3 is 0 Å². The number of fused-ring (bicyclic) bond motifs is 1. The number of Topliss-reactive ketones (excluding diaryl/α,β-unsaturated/α-hetero) is 1. The number of aryl methyl sites for hydroxylation is 1. The smallest absolute Gasteiger partial charge is 0.275 e. The number of ketones is 1. The maximum absolute atomic E-state index is 13.0. The first-order valence-corrected chi connectivity index (χ1v) is 8.71. The van der Waals surface area contributed by atoms with Crippen LogP contribution in [0.1, 0.15) is 39.0 Å². The topological polar surface area (TPSA) is 53.2 Å². The summed E-state index contributed by atoms with van der Waals surface area (Å²) in [6.07, 6.45) is 0. The molecule has 0 atom stereocenters. The van der Waals surface area contributed by atoms with Gasteiger partial charge in [-0.2, -0.15) is 0 Å². The van der Waals surface area contributed by atoms with Crippen molar-refractivity contribution in [2.24, 2.45) is 0 Å². The number of benzene rings is 1. The highest BCUT2D eigenvalue weighted by Crippen LogP contribution is 2.37. The molecule has 0 radical (unpaired) electrons. The Bertz CT molecular complexity index is 813. The molecule has 0 unspecified atom stereocenters. The lowest BCUT2D eigenvalue weighted by atomic mass is 10.1. The molecule has 1 aliphatic rings. The molecule has 0 fully saturated rings. The van der Waals surface area contributed by atoms with Crippen molar-refractivity contribution in [3.05, 3.63) is 45.7 Å². The Labute approximate surface area is 144 Å². The second-order valence-corrected chi connectivity index (χ2v) is 7.17. The SMILES string of the molecule is CC(=O)c1c(C)[nH]c(C(=O)N2CCSc3ccc(Cl)cc32)c1C. The van der Waals surface area contributed by atoms with Crippen LogP contribution in [0.15, 0.2) is 23.1 Å². The van der Waals surface area contributed by atoms with E-state index in [1.165, 1.54) is 6.92 Å². The standard InChI is InChI=1S/C17H17ClN2O2S/c1-9-15(11(3)21)10(2)19-16(9)17(22)20-6-7-23-14-5-4-12(18)8-13(14)20/h4-5,8,19H,6-7H2,1-3H3. The summed E-state index contributed by atoms with van der Waals surface area (Å²) < 4.78 is 0. The fraction of sp³-hybridized carbons (Fsp3) is 0.294. The summed E-state index contributed by atoms with van der Waals surface area (Å²) in [5.74, 6) is 0.674. The highest BCUT2D eigenvalue weighted by molar-refractivity contribution is 7.99. The molecule has 1 aromatic carbocycles. The van der Waals surface area contributed by atoms with Crippen LogP contribution < -0.4 is 4.90 Å². The van der Waals surface area contributed by atoms with E-state index < -0.39 is 0 Å². The van der Waals surface area contributed by atoms with Crippen molar-refractivity contribution in [2.75, 3.05) is 17.2 Å². The van der Waals surface area contributed by atoms with E-state index in [2.05, 4.69) is 4.98 Å². The number of carbonyl (C=O) groups excluding carboxylic acids is 2. The Kier molecular flexibility index (Phi) is 4.25. The molecule has 2 aromatic rings. The van der Waals surface area contributed by atoms with E-state index in [1.54, 1.807) is 16.7 Å². The third-order valence-corrected chi connectivity index (χ3v) is 5.31. The molecular weight excluding hydrogens is 332 g/mol. The van der Waals surface area contributed by atoms with Crippen LogP contribution in [-0.4, -0.2) is 29.0 Å². The lowest BCUT2D eigenvalue weighted by Crippen LogP contribution is -2.36. The summed E-state index contributed by atoms with van der Waals surface area (Å²) in [5.41, 5.74) is 3.35. The van der Waals surface area contributed by atoms with Crippen molar-refractivity contribution >= 4 is 40.7 Å². The van der Waals surface area contributed by atoms with Crippen molar-refractivity contribution in [2.45, 2.75) is 25.7 Å². The van der Waals surface area contributed by atoms with Gasteiger partial charge in [0.15, 0.2) is 5.78 Å². The second kappa shape index (κ2) is 6.06. The van der Waals surface area contributed by atoms with Gasteiger partial charge in [-0.3, -0.25) is 9.59 Å². The molecule has 1 aromatic heterocycles. The van der Waals surface area contributed by atoms with Gasteiger partial charge in [0.2, 0.25) is 0 Å². The van der Waals surface area contributed by atoms with E-state index >= 15 is 0 Å². The van der Waals surface area contributed by atoms with Crippen molar-refractivity contribution in [1.29, 1.82) is 0 Å². The molecule has 1 N–H and O–H groups in total. The predicted octanol–water partition coefficient (Wildman–Crippen LogP) is 4.24. The minimum Gasteiger partial charge on any atom is -0.354 e. The third kappa shape index (κ3) is 2.79. The highest BCUT2D eigenvalue weighted by Gasteiger charge is 2.28. The van der Waals surface area contributed by atoms with Crippen molar-refractivity contribution in [3.63, 3.8) is 0 Å². The first kappa shape index (κ1) is 16.1. The van der Waals surface area contributed by atoms with Gasteiger partial charge in [-0.1, -0.05) is 11.6 Å². The van der Waals surface area contributed by atoms with Crippen LogP contribution >= 0.6 is 23.4 Å². The molecule has 0 saturated carbocycles. The number of hydrogen-bond donors (Lipinski definition) is 1. The Morgan fingerprint density at radius 2 is 2.04 bits per heavy atom. The predicted molar refractivity (Wildman–Crippen MR) is 94.1 cm³/mol. The number of rotatable bonds is 2. The summed E-state index contributed by atoms with van der Waals surface area (Å²) in [7, 11) is 0. The summed E-state index contributed by atoms with van der Waals surface area (Å²) >= 11 is 7.81. The highest BCUT2D eigenvalue weighted by atomic mass is 35.5. The maximum atomic E-state index is 13.0. The van der Waals surface area contributed by atoms with Gasteiger partial charge in [-0.25, -0.2) is 0 Å². The Hall–Kier alpha value is -1.72. The van der Waals surface area contributed by atoms with E-state index in [0.717, 1.165) is 22.0 Å². The maximum Gasteiger partial charge on any atom is 0.275 e. The van der Waals surface area contributed by atoms with Gasteiger partial charge in [0, 0.05) is 33.5 Å². The molecule has 23 heavy (non-hydrogen) atoms. The molecular formula is C17H17ClN2O2S. The molecule has 4 nitrogen and oxygen atoms in total. The third-order valence-electron chi connectivity index (χ3n) is 4.03. The number of carbonyl (C=O) groups is 2. The first-order chi connectivity index (χ1) is 10.9. The average molecular weight is 349 g/mol. The second-order valence-electron chi connectivity index (χ2n) is 5.60. The van der Waals surface area contributed by atoms with Crippen molar-refractivity contribution < 1.29 is 9.59 Å². The average Bonchev–Trinajstić information content (AvgIpc) is 2.80. The molecule has 120 valence electrons. The van der Waals surface area contributed by atoms with Crippen LogP contribution in [0.25, 0.3) is 0 Å². The van der Waals surface area contributed by atoms with E-state index in [1.807, 2.05) is 32.0 Å². The number of nitrogens with one attached hydrogen (secondary N) is 1. The number of aromatic amines is 1. The number of anilines is 1. The van der Waals surface area contributed by atoms with E-state index in [-0.39, 0.29) is 11.7 Å². The lowest BCUT2D eigenvalue weighted by molar-refractivity contribution is 0.0982. The lowest BCUT2D eigenvalue weighted by Gasteiger charge is -2.29. The number of hydrogen-bond acceptors (Lipinski definition) is 3. The number of thioether (sulfide) groups is 1. The summed E-state index contributed by atoms with van der Waals surface area (Å²) in [6, 6.07) is 5.59. The van der Waals surface area contributed by atoms with Gasteiger partial charge in [0.25, 0.3) is 5.91 Å². The van der Waals surface area contributed by atoms with Crippen molar-refractivity contribution in [3.8, 4) is 0 Å². The monoisotopic (exact) mass is 348 g/mol. The van der Waals surface area contributed by atoms with E-state index in [4.69, 9.17) is 11.6 Å². The van der Waals surface area contributed by atoms with E-state index in [0.29, 0.717) is 28.4 Å². The molecule has 2 heterocycles. The van der Waals surface area contributed by atoms with Crippen LogP contribution in [0.4, 0.5) is 5.69 Å². The minimum absolute atomic E-state index is 0.0343. The van der Waals surface area contributed by atoms with Crippen molar-refractivity contribution in [1.82, 2.24) is 4.98 Å². The fourth-order valence-corrected chi connectivity index (χ4v) is 4.17. The zero-order chi connectivity index (χ0) is 16.7. The molecule has 1 aliphatic heterocycles. The quantitative estimate of drug-likeness (QED) is 0.826.